The number of carbonyl (C=O) groups is 1. The molecule has 4 heteroatoms. The van der Waals surface area contributed by atoms with E-state index in [2.05, 4.69) is 33.0 Å². The van der Waals surface area contributed by atoms with Crippen LogP contribution in [0.25, 0.3) is 0 Å². The molecule has 0 aromatic heterocycles. The molecule has 0 radical (unpaired) electrons. The van der Waals surface area contributed by atoms with E-state index in [0.717, 1.165) is 37.4 Å². The van der Waals surface area contributed by atoms with Crippen molar-refractivity contribution < 1.29 is 9.53 Å². The van der Waals surface area contributed by atoms with Gasteiger partial charge in [0.1, 0.15) is 5.54 Å². The molecule has 118 valence electrons. The number of rotatable bonds is 8. The van der Waals surface area contributed by atoms with Crippen molar-refractivity contribution in [2.24, 2.45) is 11.8 Å². The van der Waals surface area contributed by atoms with E-state index in [0.29, 0.717) is 12.0 Å². The van der Waals surface area contributed by atoms with Gasteiger partial charge in [0, 0.05) is 6.04 Å². The first-order valence-corrected chi connectivity index (χ1v) is 9.01. The molecule has 0 spiro atoms. The van der Waals surface area contributed by atoms with Crippen LogP contribution in [0.4, 0.5) is 0 Å². The summed E-state index contributed by atoms with van der Waals surface area (Å²) in [5.41, 5.74) is -0.443. The largest absolute Gasteiger partial charge is 0.468 e. The van der Waals surface area contributed by atoms with E-state index < -0.39 is 5.54 Å². The number of nitrogens with one attached hydrogen (secondary N) is 1. The Balaban J connectivity index is 2.63. The van der Waals surface area contributed by atoms with Crippen molar-refractivity contribution in [1.82, 2.24) is 5.32 Å². The third kappa shape index (κ3) is 4.66. The molecule has 1 saturated carbocycles. The van der Waals surface area contributed by atoms with Crippen LogP contribution in [0.2, 0.25) is 0 Å². The molecule has 0 aromatic carbocycles. The first-order valence-electron chi connectivity index (χ1n) is 7.86. The van der Waals surface area contributed by atoms with Gasteiger partial charge in [-0.15, -0.1) is 0 Å². The van der Waals surface area contributed by atoms with Crippen LogP contribution in [0.5, 0.6) is 0 Å². The van der Waals surface area contributed by atoms with Gasteiger partial charge in [-0.3, -0.25) is 10.1 Å². The Morgan fingerprint density at radius 2 is 2.10 bits per heavy atom. The second-order valence-corrected chi connectivity index (χ2v) is 7.76. The summed E-state index contributed by atoms with van der Waals surface area (Å²) in [6.07, 6.45) is 4.27. The van der Waals surface area contributed by atoms with Crippen LogP contribution in [0.3, 0.4) is 0 Å². The van der Waals surface area contributed by atoms with Gasteiger partial charge in [0.25, 0.3) is 0 Å². The summed E-state index contributed by atoms with van der Waals surface area (Å²) in [4.78, 5) is 12.3. The summed E-state index contributed by atoms with van der Waals surface area (Å²) in [5.74, 6) is 3.43. The fourth-order valence-electron chi connectivity index (χ4n) is 3.23. The highest BCUT2D eigenvalue weighted by Crippen LogP contribution is 2.40. The Morgan fingerprint density at radius 3 is 2.65 bits per heavy atom. The quantitative estimate of drug-likeness (QED) is 0.550. The van der Waals surface area contributed by atoms with Gasteiger partial charge in [0.2, 0.25) is 0 Å². The zero-order valence-corrected chi connectivity index (χ0v) is 14.5. The van der Waals surface area contributed by atoms with Crippen LogP contribution >= 0.6 is 11.8 Å². The van der Waals surface area contributed by atoms with Crippen molar-refractivity contribution in [1.29, 1.82) is 0 Å². The Bertz CT molecular complexity index is 307. The smallest absolute Gasteiger partial charge is 0.326 e. The standard InChI is InChI=1S/C16H31NO2S/c1-12(2)11-20-10-8-14-7-6-9-16(14,15(18)19-5)17-13(3)4/h12-14,17H,6-11H2,1-5H3. The molecule has 1 N–H and O–H groups in total. The van der Waals surface area contributed by atoms with Crippen molar-refractivity contribution in [3.8, 4) is 0 Å². The zero-order valence-electron chi connectivity index (χ0n) is 13.7. The Hall–Kier alpha value is -0.220. The maximum Gasteiger partial charge on any atom is 0.326 e. The Labute approximate surface area is 128 Å². The third-order valence-electron chi connectivity index (χ3n) is 3.98. The van der Waals surface area contributed by atoms with Crippen molar-refractivity contribution in [2.45, 2.75) is 65.0 Å². The highest BCUT2D eigenvalue weighted by atomic mass is 32.2. The van der Waals surface area contributed by atoms with Crippen molar-refractivity contribution in [3.05, 3.63) is 0 Å². The molecule has 1 fully saturated rings. The number of ether oxygens (including phenoxy) is 1. The van der Waals surface area contributed by atoms with Gasteiger partial charge in [-0.1, -0.05) is 20.3 Å². The summed E-state index contributed by atoms with van der Waals surface area (Å²) in [7, 11) is 1.51. The number of carbonyl (C=O) groups excluding carboxylic acids is 1. The molecule has 0 bridgehead atoms. The molecule has 0 heterocycles. The van der Waals surface area contributed by atoms with Crippen LogP contribution in [0, 0.1) is 11.8 Å². The molecule has 0 aromatic rings. The lowest BCUT2D eigenvalue weighted by Crippen LogP contribution is -2.57. The summed E-state index contributed by atoms with van der Waals surface area (Å²) in [6.45, 7) is 8.71. The maximum atomic E-state index is 12.3. The summed E-state index contributed by atoms with van der Waals surface area (Å²) in [5, 5.41) is 3.52. The normalized spacial score (nSPS) is 26.4. The monoisotopic (exact) mass is 301 g/mol. The minimum Gasteiger partial charge on any atom is -0.468 e. The van der Waals surface area contributed by atoms with Crippen LogP contribution in [0.15, 0.2) is 0 Å². The molecule has 0 amide bonds. The van der Waals surface area contributed by atoms with E-state index in [1.54, 1.807) is 0 Å². The average molecular weight is 301 g/mol. The van der Waals surface area contributed by atoms with Gasteiger partial charge < -0.3 is 4.74 Å². The predicted octanol–water partition coefficient (Wildman–Crippen LogP) is 3.48. The lowest BCUT2D eigenvalue weighted by molar-refractivity contribution is -0.150. The molecular formula is C16H31NO2S. The highest BCUT2D eigenvalue weighted by molar-refractivity contribution is 7.99. The molecule has 2 unspecified atom stereocenters. The molecule has 3 nitrogen and oxygen atoms in total. The van der Waals surface area contributed by atoms with Crippen LogP contribution < -0.4 is 5.32 Å². The molecule has 2 atom stereocenters. The minimum atomic E-state index is -0.443. The first kappa shape index (κ1) is 17.8. The summed E-state index contributed by atoms with van der Waals surface area (Å²) < 4.78 is 5.10. The molecule has 1 aliphatic rings. The first-order chi connectivity index (χ1) is 9.42. The average Bonchev–Trinajstić information content (AvgIpc) is 2.76. The number of hydrogen-bond acceptors (Lipinski definition) is 4. The third-order valence-corrected chi connectivity index (χ3v) is 5.41. The van der Waals surface area contributed by atoms with Crippen molar-refractivity contribution >= 4 is 17.7 Å². The topological polar surface area (TPSA) is 38.3 Å². The molecule has 0 saturated heterocycles. The van der Waals surface area contributed by atoms with E-state index in [4.69, 9.17) is 4.74 Å². The summed E-state index contributed by atoms with van der Waals surface area (Å²) >= 11 is 2.01. The molecule has 20 heavy (non-hydrogen) atoms. The molecule has 1 rings (SSSR count). The highest BCUT2D eigenvalue weighted by Gasteiger charge is 2.49. The van der Waals surface area contributed by atoms with E-state index in [1.807, 2.05) is 11.8 Å². The van der Waals surface area contributed by atoms with Gasteiger partial charge in [-0.05, 0) is 56.5 Å². The zero-order chi connectivity index (χ0) is 15.2. The molecule has 1 aliphatic carbocycles. The number of thioether (sulfide) groups is 1. The van der Waals surface area contributed by atoms with Gasteiger partial charge in [-0.2, -0.15) is 11.8 Å². The van der Waals surface area contributed by atoms with E-state index in [-0.39, 0.29) is 5.97 Å². The van der Waals surface area contributed by atoms with Gasteiger partial charge in [0.05, 0.1) is 7.11 Å². The van der Waals surface area contributed by atoms with E-state index >= 15 is 0 Å². The second-order valence-electron chi connectivity index (χ2n) is 6.61. The number of hydrogen-bond donors (Lipinski definition) is 1. The van der Waals surface area contributed by atoms with Gasteiger partial charge in [-0.25, -0.2) is 0 Å². The lowest BCUT2D eigenvalue weighted by Gasteiger charge is -2.35. The fraction of sp³-hybridized carbons (Fsp3) is 0.938. The van der Waals surface area contributed by atoms with Crippen LogP contribution in [-0.4, -0.2) is 36.2 Å². The minimum absolute atomic E-state index is 0.0671. The van der Waals surface area contributed by atoms with Crippen LogP contribution in [-0.2, 0) is 9.53 Å². The Morgan fingerprint density at radius 1 is 1.40 bits per heavy atom. The number of methoxy groups -OCH3 is 1. The molecular weight excluding hydrogens is 270 g/mol. The van der Waals surface area contributed by atoms with Crippen molar-refractivity contribution in [3.63, 3.8) is 0 Å². The van der Waals surface area contributed by atoms with Crippen molar-refractivity contribution in [2.75, 3.05) is 18.6 Å². The predicted molar refractivity (Wildman–Crippen MR) is 87.1 cm³/mol. The van der Waals surface area contributed by atoms with Gasteiger partial charge >= 0.3 is 5.97 Å². The molecule has 0 aliphatic heterocycles. The SMILES string of the molecule is COC(=O)C1(NC(C)C)CCCC1CCSCC(C)C. The maximum absolute atomic E-state index is 12.3. The lowest BCUT2D eigenvalue weighted by atomic mass is 9.84. The second kappa shape index (κ2) is 8.28. The Kier molecular flexibility index (Phi) is 7.38. The van der Waals surface area contributed by atoms with E-state index in [9.17, 15) is 4.79 Å². The fourth-order valence-corrected chi connectivity index (χ4v) is 4.32. The summed E-state index contributed by atoms with van der Waals surface area (Å²) in [6, 6.07) is 0.304. The number of esters is 1. The van der Waals surface area contributed by atoms with Crippen LogP contribution in [0.1, 0.15) is 53.4 Å². The van der Waals surface area contributed by atoms with Gasteiger partial charge in [0.15, 0.2) is 0 Å². The van der Waals surface area contributed by atoms with E-state index in [1.165, 1.54) is 12.9 Å².